The highest BCUT2D eigenvalue weighted by Crippen LogP contribution is 2.35. The predicted octanol–water partition coefficient (Wildman–Crippen LogP) is 1.34. The van der Waals surface area contributed by atoms with Crippen LogP contribution in [0, 0.1) is 5.92 Å². The van der Waals surface area contributed by atoms with Crippen molar-refractivity contribution in [1.82, 2.24) is 4.72 Å². The minimum atomic E-state index is -1.20. The highest BCUT2D eigenvalue weighted by Gasteiger charge is 2.38. The summed E-state index contributed by atoms with van der Waals surface area (Å²) in [7, 11) is 1.26. The number of carbonyl (C=O) groups excluding carboxylic acids is 2. The van der Waals surface area contributed by atoms with E-state index in [9.17, 15) is 14.1 Å². The van der Waals surface area contributed by atoms with Crippen molar-refractivity contribution >= 4 is 23.1 Å². The molecule has 2 atom stereocenters. The Bertz CT molecular complexity index is 336. The van der Waals surface area contributed by atoms with Gasteiger partial charge in [0.1, 0.15) is 17.0 Å². The average molecular weight is 289 g/mol. The molecule has 110 valence electrons. The fourth-order valence-electron chi connectivity index (χ4n) is 1.67. The van der Waals surface area contributed by atoms with Crippen LogP contribution in [0.1, 0.15) is 46.5 Å². The van der Waals surface area contributed by atoms with E-state index >= 15 is 0 Å². The van der Waals surface area contributed by atoms with E-state index in [1.54, 1.807) is 0 Å². The van der Waals surface area contributed by atoms with Gasteiger partial charge in [-0.25, -0.2) is 0 Å². The molecular weight excluding hydrogens is 266 g/mol. The molecule has 1 N–H and O–H groups in total. The standard InChI is InChI=1S/C13H23NO4S/c1-13(2,3)19(17)14-11(9-5-6-9)7-10(15)8-12(16)18-4/h9,11,14H,5-8H2,1-4H3/t11-,19?/m0/s1. The molecule has 1 aliphatic rings. The van der Waals surface area contributed by atoms with Crippen LogP contribution in [0.25, 0.3) is 0 Å². The minimum absolute atomic E-state index is 0.0998. The second kappa shape index (κ2) is 6.72. The van der Waals surface area contributed by atoms with Gasteiger partial charge in [0.05, 0.1) is 13.2 Å². The fourth-order valence-corrected chi connectivity index (χ4v) is 2.57. The molecule has 0 aromatic rings. The topological polar surface area (TPSA) is 78.5 Å². The first-order chi connectivity index (χ1) is 8.74. The molecule has 0 saturated heterocycles. The molecule has 0 spiro atoms. The quantitative estimate of drug-likeness (QED) is 0.435. The predicted molar refractivity (Wildman–Crippen MR) is 73.8 cm³/mol. The maximum absolute atomic E-state index is 12.1. The largest absolute Gasteiger partial charge is 0.598 e. The number of nitrogens with one attached hydrogen (secondary N) is 1. The van der Waals surface area contributed by atoms with Gasteiger partial charge < -0.3 is 9.29 Å². The van der Waals surface area contributed by atoms with Crippen LogP contribution < -0.4 is 4.72 Å². The van der Waals surface area contributed by atoms with E-state index in [1.807, 2.05) is 20.8 Å². The lowest BCUT2D eigenvalue weighted by Crippen LogP contribution is -2.46. The van der Waals surface area contributed by atoms with Crippen molar-refractivity contribution < 1.29 is 18.9 Å². The molecule has 1 unspecified atom stereocenters. The molecule has 6 heteroatoms. The van der Waals surface area contributed by atoms with Gasteiger partial charge in [-0.15, -0.1) is 4.72 Å². The number of carbonyl (C=O) groups is 2. The van der Waals surface area contributed by atoms with Crippen LogP contribution in [0.2, 0.25) is 0 Å². The zero-order chi connectivity index (χ0) is 14.6. The monoisotopic (exact) mass is 289 g/mol. The SMILES string of the molecule is COC(=O)CC(=O)C[C@H](N[S+]([O-])C(C)(C)C)C1CC1. The first-order valence-corrected chi connectivity index (χ1v) is 7.65. The number of ether oxygens (including phenoxy) is 1. The Morgan fingerprint density at radius 1 is 1.42 bits per heavy atom. The van der Waals surface area contributed by atoms with Crippen molar-refractivity contribution in [2.24, 2.45) is 5.92 Å². The molecular formula is C13H23NO4S. The van der Waals surface area contributed by atoms with Gasteiger partial charge in [-0.1, -0.05) is 0 Å². The second-order valence-corrected chi connectivity index (χ2v) is 7.94. The van der Waals surface area contributed by atoms with Gasteiger partial charge in [-0.2, -0.15) is 0 Å². The van der Waals surface area contributed by atoms with Crippen molar-refractivity contribution in [3.05, 3.63) is 0 Å². The van der Waals surface area contributed by atoms with E-state index < -0.39 is 17.3 Å². The Kier molecular flexibility index (Phi) is 5.82. The van der Waals surface area contributed by atoms with Gasteiger partial charge in [0.25, 0.3) is 0 Å². The normalized spacial score (nSPS) is 18.8. The molecule has 1 aliphatic carbocycles. The second-order valence-electron chi connectivity index (χ2n) is 5.94. The molecule has 0 amide bonds. The summed E-state index contributed by atoms with van der Waals surface area (Å²) in [5.41, 5.74) is 0. The van der Waals surface area contributed by atoms with Crippen LogP contribution in [-0.2, 0) is 25.7 Å². The molecule has 0 aliphatic heterocycles. The van der Waals surface area contributed by atoms with Gasteiger partial charge in [0, 0.05) is 17.8 Å². The number of hydrogen-bond donors (Lipinski definition) is 1. The minimum Gasteiger partial charge on any atom is -0.598 e. The average Bonchev–Trinajstić information content (AvgIpc) is 3.10. The fraction of sp³-hybridized carbons (Fsp3) is 0.846. The number of hydrogen-bond acceptors (Lipinski definition) is 5. The Labute approximate surface area is 117 Å². The Balaban J connectivity index is 2.49. The summed E-state index contributed by atoms with van der Waals surface area (Å²) in [5.74, 6) is -0.286. The zero-order valence-corrected chi connectivity index (χ0v) is 12.8. The molecule has 0 radical (unpaired) electrons. The lowest BCUT2D eigenvalue weighted by molar-refractivity contribution is -0.143. The highest BCUT2D eigenvalue weighted by atomic mass is 32.2. The summed E-state index contributed by atoms with van der Waals surface area (Å²) in [6.07, 6.45) is 2.13. The van der Waals surface area contributed by atoms with Crippen LogP contribution >= 0.6 is 0 Å². The maximum atomic E-state index is 12.1. The third-order valence-corrected chi connectivity index (χ3v) is 4.65. The number of ketones is 1. The van der Waals surface area contributed by atoms with Crippen LogP contribution in [0.5, 0.6) is 0 Å². The van der Waals surface area contributed by atoms with Gasteiger partial charge in [-0.05, 0) is 39.5 Å². The third kappa shape index (κ3) is 5.93. The summed E-state index contributed by atoms with van der Waals surface area (Å²) >= 11 is -1.20. The van der Waals surface area contributed by atoms with Crippen LogP contribution in [0.15, 0.2) is 0 Å². The number of methoxy groups -OCH3 is 1. The summed E-state index contributed by atoms with van der Waals surface area (Å²) in [6.45, 7) is 5.66. The molecule has 0 bridgehead atoms. The lowest BCUT2D eigenvalue weighted by Gasteiger charge is -2.27. The van der Waals surface area contributed by atoms with E-state index in [4.69, 9.17) is 0 Å². The highest BCUT2D eigenvalue weighted by molar-refractivity contribution is 7.90. The zero-order valence-electron chi connectivity index (χ0n) is 12.0. The lowest BCUT2D eigenvalue weighted by atomic mass is 10.1. The summed E-state index contributed by atoms with van der Waals surface area (Å²) in [4.78, 5) is 22.8. The van der Waals surface area contributed by atoms with Gasteiger partial charge in [0.15, 0.2) is 0 Å². The number of Topliss-reactive ketones (excluding diaryl/α,β-unsaturated/α-hetero) is 1. The molecule has 19 heavy (non-hydrogen) atoms. The Morgan fingerprint density at radius 2 is 2.00 bits per heavy atom. The van der Waals surface area contributed by atoms with Crippen molar-refractivity contribution in [2.75, 3.05) is 7.11 Å². The van der Waals surface area contributed by atoms with Gasteiger partial charge in [0.2, 0.25) is 0 Å². The van der Waals surface area contributed by atoms with Crippen LogP contribution in [-0.4, -0.2) is 34.2 Å². The van der Waals surface area contributed by atoms with E-state index in [2.05, 4.69) is 9.46 Å². The molecule has 0 aromatic heterocycles. The molecule has 5 nitrogen and oxygen atoms in total. The van der Waals surface area contributed by atoms with Crippen molar-refractivity contribution in [1.29, 1.82) is 0 Å². The molecule has 0 aromatic carbocycles. The molecule has 0 heterocycles. The third-order valence-electron chi connectivity index (χ3n) is 3.02. The summed E-state index contributed by atoms with van der Waals surface area (Å²) in [5, 5.41) is 0. The number of rotatable bonds is 7. The maximum Gasteiger partial charge on any atom is 0.313 e. The van der Waals surface area contributed by atoms with Crippen molar-refractivity contribution in [2.45, 2.75) is 57.2 Å². The Hall–Kier alpha value is -0.590. The van der Waals surface area contributed by atoms with Crippen molar-refractivity contribution in [3.8, 4) is 0 Å². The van der Waals surface area contributed by atoms with Crippen LogP contribution in [0.4, 0.5) is 0 Å². The van der Waals surface area contributed by atoms with E-state index in [-0.39, 0.29) is 29.4 Å². The molecule has 1 fully saturated rings. The van der Waals surface area contributed by atoms with E-state index in [0.717, 1.165) is 12.8 Å². The van der Waals surface area contributed by atoms with Crippen LogP contribution in [0.3, 0.4) is 0 Å². The summed E-state index contributed by atoms with van der Waals surface area (Å²) in [6, 6.07) is -0.0998. The number of esters is 1. The summed E-state index contributed by atoms with van der Waals surface area (Å²) < 4.78 is 19.2. The molecule has 1 saturated carbocycles. The first kappa shape index (κ1) is 16.5. The van der Waals surface area contributed by atoms with Gasteiger partial charge in [-0.3, -0.25) is 9.59 Å². The first-order valence-electron chi connectivity index (χ1n) is 6.50. The van der Waals surface area contributed by atoms with Crippen molar-refractivity contribution in [3.63, 3.8) is 0 Å². The molecule has 1 rings (SSSR count). The van der Waals surface area contributed by atoms with E-state index in [0.29, 0.717) is 5.92 Å². The smallest absolute Gasteiger partial charge is 0.313 e. The van der Waals surface area contributed by atoms with Gasteiger partial charge >= 0.3 is 5.97 Å². The van der Waals surface area contributed by atoms with E-state index in [1.165, 1.54) is 7.11 Å². The Morgan fingerprint density at radius 3 is 2.42 bits per heavy atom.